The number of thioether (sulfide) groups is 1. The summed E-state index contributed by atoms with van der Waals surface area (Å²) < 4.78 is 0. The van der Waals surface area contributed by atoms with E-state index >= 15 is 0 Å². The standard InChI is InChI=1S/C19H18ClNO3S/c20-16-8-4-5-9-17(16)25-12-18(22)21-10-14(15(11-21)19(23)24)13-6-2-1-3-7-13/h1-9,14-15H,10-12H2,(H,23,24). The highest BCUT2D eigenvalue weighted by Crippen LogP contribution is 2.34. The van der Waals surface area contributed by atoms with Crippen LogP contribution in [0.25, 0.3) is 0 Å². The van der Waals surface area contributed by atoms with E-state index in [4.69, 9.17) is 11.6 Å². The van der Waals surface area contributed by atoms with Gasteiger partial charge in [0.25, 0.3) is 0 Å². The molecule has 1 heterocycles. The van der Waals surface area contributed by atoms with Crippen LogP contribution in [0.4, 0.5) is 0 Å². The topological polar surface area (TPSA) is 57.6 Å². The molecule has 2 aromatic carbocycles. The number of hydrogen-bond acceptors (Lipinski definition) is 3. The van der Waals surface area contributed by atoms with Gasteiger partial charge in [0.2, 0.25) is 5.91 Å². The predicted molar refractivity (Wildman–Crippen MR) is 99.1 cm³/mol. The number of carboxylic acids is 1. The Morgan fingerprint density at radius 1 is 1.08 bits per heavy atom. The third-order valence-electron chi connectivity index (χ3n) is 4.41. The fourth-order valence-electron chi connectivity index (χ4n) is 3.09. The third-order valence-corrected chi connectivity index (χ3v) is 5.91. The lowest BCUT2D eigenvalue weighted by atomic mass is 9.89. The zero-order chi connectivity index (χ0) is 17.8. The molecule has 2 aromatic rings. The molecule has 0 radical (unpaired) electrons. The second kappa shape index (κ2) is 7.93. The van der Waals surface area contributed by atoms with Crippen molar-refractivity contribution in [2.24, 2.45) is 5.92 Å². The normalized spacial score (nSPS) is 19.8. The van der Waals surface area contributed by atoms with Gasteiger partial charge in [0.1, 0.15) is 0 Å². The number of nitrogens with zero attached hydrogens (tertiary/aromatic N) is 1. The minimum Gasteiger partial charge on any atom is -0.481 e. The molecule has 1 aliphatic rings. The van der Waals surface area contributed by atoms with Crippen molar-refractivity contribution in [3.63, 3.8) is 0 Å². The van der Waals surface area contributed by atoms with Crippen LogP contribution in [0.1, 0.15) is 11.5 Å². The number of hydrogen-bond donors (Lipinski definition) is 1. The molecule has 1 saturated heterocycles. The van der Waals surface area contributed by atoms with E-state index in [-0.39, 0.29) is 24.1 Å². The van der Waals surface area contributed by atoms with E-state index in [9.17, 15) is 14.7 Å². The van der Waals surface area contributed by atoms with E-state index in [1.807, 2.05) is 48.5 Å². The molecule has 1 amide bonds. The lowest BCUT2D eigenvalue weighted by Crippen LogP contribution is -2.31. The summed E-state index contributed by atoms with van der Waals surface area (Å²) in [5.41, 5.74) is 0.962. The molecule has 0 aromatic heterocycles. The van der Waals surface area contributed by atoms with Gasteiger partial charge in [-0.2, -0.15) is 0 Å². The van der Waals surface area contributed by atoms with Gasteiger partial charge in [-0.3, -0.25) is 9.59 Å². The summed E-state index contributed by atoms with van der Waals surface area (Å²) in [4.78, 5) is 26.7. The minimum atomic E-state index is -0.858. The molecule has 25 heavy (non-hydrogen) atoms. The van der Waals surface area contributed by atoms with Gasteiger partial charge in [-0.15, -0.1) is 11.8 Å². The minimum absolute atomic E-state index is 0.0606. The molecule has 1 fully saturated rings. The lowest BCUT2D eigenvalue weighted by Gasteiger charge is -2.16. The Kier molecular flexibility index (Phi) is 5.66. The van der Waals surface area contributed by atoms with Gasteiger partial charge in [-0.25, -0.2) is 0 Å². The van der Waals surface area contributed by atoms with Crippen LogP contribution in [0.15, 0.2) is 59.5 Å². The quantitative estimate of drug-likeness (QED) is 0.808. The SMILES string of the molecule is O=C(O)C1CN(C(=O)CSc2ccccc2Cl)CC1c1ccccc1. The average Bonchev–Trinajstić information content (AvgIpc) is 3.07. The number of amides is 1. The maximum atomic E-state index is 12.5. The predicted octanol–water partition coefficient (Wildman–Crippen LogP) is 3.76. The maximum Gasteiger partial charge on any atom is 0.308 e. The number of carboxylic acid groups (broad SMARTS) is 1. The Bertz CT molecular complexity index is 768. The van der Waals surface area contributed by atoms with E-state index in [1.54, 1.807) is 11.0 Å². The monoisotopic (exact) mass is 375 g/mol. The van der Waals surface area contributed by atoms with Gasteiger partial charge in [0.05, 0.1) is 16.7 Å². The summed E-state index contributed by atoms with van der Waals surface area (Å²) in [6.07, 6.45) is 0. The zero-order valence-corrected chi connectivity index (χ0v) is 15.0. The summed E-state index contributed by atoms with van der Waals surface area (Å²) in [5, 5.41) is 10.1. The van der Waals surface area contributed by atoms with E-state index in [0.717, 1.165) is 10.5 Å². The van der Waals surface area contributed by atoms with Crippen LogP contribution in [0.5, 0.6) is 0 Å². The van der Waals surface area contributed by atoms with Crippen molar-refractivity contribution in [2.75, 3.05) is 18.8 Å². The highest BCUT2D eigenvalue weighted by atomic mass is 35.5. The van der Waals surface area contributed by atoms with Crippen LogP contribution in [0.2, 0.25) is 5.02 Å². The van der Waals surface area contributed by atoms with Crippen molar-refractivity contribution in [3.05, 3.63) is 65.2 Å². The second-order valence-electron chi connectivity index (χ2n) is 5.98. The number of benzene rings is 2. The molecular weight excluding hydrogens is 358 g/mol. The molecule has 0 bridgehead atoms. The summed E-state index contributed by atoms with van der Waals surface area (Å²) >= 11 is 7.49. The fourth-order valence-corrected chi connectivity index (χ4v) is 4.23. The molecule has 1 aliphatic heterocycles. The molecule has 3 rings (SSSR count). The highest BCUT2D eigenvalue weighted by Gasteiger charge is 2.40. The van der Waals surface area contributed by atoms with Crippen molar-refractivity contribution in [2.45, 2.75) is 10.8 Å². The van der Waals surface area contributed by atoms with Gasteiger partial charge in [0.15, 0.2) is 0 Å². The van der Waals surface area contributed by atoms with Crippen LogP contribution >= 0.6 is 23.4 Å². The first-order valence-electron chi connectivity index (χ1n) is 7.99. The Morgan fingerprint density at radius 2 is 1.76 bits per heavy atom. The molecule has 4 nitrogen and oxygen atoms in total. The number of carbonyl (C=O) groups is 2. The number of rotatable bonds is 5. The Balaban J connectivity index is 1.67. The second-order valence-corrected chi connectivity index (χ2v) is 7.40. The van der Waals surface area contributed by atoms with E-state index in [2.05, 4.69) is 0 Å². The number of halogens is 1. The summed E-state index contributed by atoms with van der Waals surface area (Å²) in [6.45, 7) is 0.680. The molecule has 2 unspecified atom stereocenters. The summed E-state index contributed by atoms with van der Waals surface area (Å²) in [6, 6.07) is 16.9. The van der Waals surface area contributed by atoms with E-state index in [1.165, 1.54) is 11.8 Å². The van der Waals surface area contributed by atoms with E-state index in [0.29, 0.717) is 11.6 Å². The molecule has 130 valence electrons. The van der Waals surface area contributed by atoms with Gasteiger partial charge in [-0.05, 0) is 17.7 Å². The Labute approximate surface area is 155 Å². The van der Waals surface area contributed by atoms with E-state index < -0.39 is 11.9 Å². The van der Waals surface area contributed by atoms with Crippen molar-refractivity contribution in [3.8, 4) is 0 Å². The van der Waals surface area contributed by atoms with Crippen LogP contribution in [-0.2, 0) is 9.59 Å². The van der Waals surface area contributed by atoms with Crippen LogP contribution in [0.3, 0.4) is 0 Å². The number of carbonyl (C=O) groups excluding carboxylic acids is 1. The smallest absolute Gasteiger partial charge is 0.308 e. The lowest BCUT2D eigenvalue weighted by molar-refractivity contribution is -0.141. The molecule has 2 atom stereocenters. The van der Waals surface area contributed by atoms with Crippen molar-refractivity contribution >= 4 is 35.2 Å². The van der Waals surface area contributed by atoms with Crippen molar-refractivity contribution in [1.82, 2.24) is 4.90 Å². The first kappa shape index (κ1) is 17.8. The number of aliphatic carboxylic acids is 1. The number of likely N-dealkylation sites (tertiary alicyclic amines) is 1. The van der Waals surface area contributed by atoms with Gasteiger partial charge in [0, 0.05) is 23.9 Å². The average molecular weight is 376 g/mol. The van der Waals surface area contributed by atoms with Crippen LogP contribution in [0, 0.1) is 5.92 Å². The van der Waals surface area contributed by atoms with Crippen LogP contribution in [-0.4, -0.2) is 40.7 Å². The maximum absolute atomic E-state index is 12.5. The van der Waals surface area contributed by atoms with Crippen LogP contribution < -0.4 is 0 Å². The molecule has 0 spiro atoms. The third kappa shape index (κ3) is 4.17. The molecule has 0 aliphatic carbocycles. The van der Waals surface area contributed by atoms with Gasteiger partial charge in [-0.1, -0.05) is 54.1 Å². The van der Waals surface area contributed by atoms with Gasteiger partial charge >= 0.3 is 5.97 Å². The zero-order valence-electron chi connectivity index (χ0n) is 13.5. The van der Waals surface area contributed by atoms with Gasteiger partial charge < -0.3 is 10.0 Å². The first-order chi connectivity index (χ1) is 12.1. The highest BCUT2D eigenvalue weighted by molar-refractivity contribution is 8.00. The van der Waals surface area contributed by atoms with Crippen molar-refractivity contribution in [1.29, 1.82) is 0 Å². The molecule has 6 heteroatoms. The summed E-state index contributed by atoms with van der Waals surface area (Å²) in [5.74, 6) is -1.42. The first-order valence-corrected chi connectivity index (χ1v) is 9.35. The van der Waals surface area contributed by atoms with Crippen molar-refractivity contribution < 1.29 is 14.7 Å². The molecule has 0 saturated carbocycles. The molecule has 1 N–H and O–H groups in total. The Hall–Kier alpha value is -1.98. The summed E-state index contributed by atoms with van der Waals surface area (Å²) in [7, 11) is 0. The fraction of sp³-hybridized carbons (Fsp3) is 0.263. The Morgan fingerprint density at radius 3 is 2.44 bits per heavy atom. The molecular formula is C19H18ClNO3S. The largest absolute Gasteiger partial charge is 0.481 e.